The lowest BCUT2D eigenvalue weighted by molar-refractivity contribution is 0.160. The van der Waals surface area contributed by atoms with Gasteiger partial charge >= 0.3 is 0 Å². The van der Waals surface area contributed by atoms with E-state index in [0.717, 1.165) is 6.08 Å². The molecule has 3 N–H and O–H groups in total. The molecule has 0 heterocycles. The van der Waals surface area contributed by atoms with Crippen molar-refractivity contribution in [2.45, 2.75) is 11.4 Å². The second-order valence-corrected chi connectivity index (χ2v) is 5.37. The molecule has 1 aromatic rings. The molecule has 1 atom stereocenters. The third kappa shape index (κ3) is 1.71. The van der Waals surface area contributed by atoms with Crippen molar-refractivity contribution in [3.05, 3.63) is 35.4 Å². The number of benzene rings is 1. The molecule has 0 fully saturated rings. The summed E-state index contributed by atoms with van der Waals surface area (Å²) in [6, 6.07) is 4.42. The van der Waals surface area contributed by atoms with Gasteiger partial charge in [0.25, 0.3) is 10.1 Å². The monoisotopic (exact) mass is 242 g/mol. The summed E-state index contributed by atoms with van der Waals surface area (Å²) in [7, 11) is -4.59. The number of rotatable bonds is 1. The molecule has 1 aliphatic rings. The molecule has 0 radical (unpaired) electrons. The predicted octanol–water partition coefficient (Wildman–Crippen LogP) is 0.538. The molecular weight excluding hydrogens is 232 g/mol. The zero-order valence-corrected chi connectivity index (χ0v) is 8.98. The molecule has 6 heteroatoms. The van der Waals surface area contributed by atoms with Gasteiger partial charge in [-0.2, -0.15) is 8.42 Å². The van der Waals surface area contributed by atoms with Crippen molar-refractivity contribution >= 4 is 16.2 Å². The Morgan fingerprint density at radius 2 is 2.00 bits per heavy atom. The quantitative estimate of drug-likeness (QED) is 0.625. The number of aromatic hydroxyl groups is 1. The smallest absolute Gasteiger partial charge is 0.299 e. The maximum absolute atomic E-state index is 11.0. The van der Waals surface area contributed by atoms with E-state index in [-0.39, 0.29) is 12.2 Å². The maximum Gasteiger partial charge on any atom is 0.299 e. The van der Waals surface area contributed by atoms with Crippen molar-refractivity contribution in [2.24, 2.45) is 0 Å². The fourth-order valence-electron chi connectivity index (χ4n) is 1.64. The molecule has 0 saturated heterocycles. The van der Waals surface area contributed by atoms with Crippen LogP contribution in [0.25, 0.3) is 6.08 Å². The summed E-state index contributed by atoms with van der Waals surface area (Å²) >= 11 is 0. The van der Waals surface area contributed by atoms with Crippen molar-refractivity contribution in [3.8, 4) is 5.75 Å². The summed E-state index contributed by atoms with van der Waals surface area (Å²) in [6.07, 6.45) is 2.14. The minimum Gasteiger partial charge on any atom is -0.508 e. The Bertz CT molecular complexity index is 561. The van der Waals surface area contributed by atoms with Gasteiger partial charge in [0.1, 0.15) is 5.75 Å². The molecule has 0 amide bonds. The number of phenolic OH excluding ortho intramolecular Hbond substituents is 1. The number of aliphatic hydroxyl groups is 1. The number of hydrogen-bond acceptors (Lipinski definition) is 4. The largest absolute Gasteiger partial charge is 0.508 e. The lowest BCUT2D eigenvalue weighted by Crippen LogP contribution is -2.39. The average molecular weight is 242 g/mol. The van der Waals surface area contributed by atoms with Gasteiger partial charge in [0.15, 0.2) is 0 Å². The fourth-order valence-corrected chi connectivity index (χ4v) is 2.21. The first-order valence-electron chi connectivity index (χ1n) is 4.52. The van der Waals surface area contributed by atoms with Crippen LogP contribution in [0.3, 0.4) is 0 Å². The van der Waals surface area contributed by atoms with Crippen LogP contribution < -0.4 is 0 Å². The van der Waals surface area contributed by atoms with Gasteiger partial charge < -0.3 is 10.2 Å². The zero-order chi connectivity index (χ0) is 12.0. The van der Waals surface area contributed by atoms with Gasteiger partial charge in [0, 0.05) is 6.42 Å². The van der Waals surface area contributed by atoms with E-state index in [1.54, 1.807) is 6.07 Å². The van der Waals surface area contributed by atoms with Crippen molar-refractivity contribution < 1.29 is 23.2 Å². The minimum absolute atomic E-state index is 0.0215. The van der Waals surface area contributed by atoms with Crippen LogP contribution in [0.2, 0.25) is 0 Å². The number of hydrogen-bond donors (Lipinski definition) is 3. The van der Waals surface area contributed by atoms with Crippen molar-refractivity contribution in [1.82, 2.24) is 0 Å². The Kier molecular flexibility index (Phi) is 2.30. The standard InChI is InChI=1S/C10H10O5S/c11-9-2-1-7-3-4-10(12,16(13,14)15)6-8(7)5-9/h1-5,11-12H,6H2,(H,13,14,15). The van der Waals surface area contributed by atoms with Crippen LogP contribution in [0.5, 0.6) is 5.75 Å². The SMILES string of the molecule is O=S(=O)(O)C1(O)C=Cc2ccc(O)cc2C1. The highest BCUT2D eigenvalue weighted by atomic mass is 32.2. The highest BCUT2D eigenvalue weighted by Gasteiger charge is 2.40. The molecule has 0 spiro atoms. The third-order valence-corrected chi connectivity index (χ3v) is 3.71. The summed E-state index contributed by atoms with van der Waals surface area (Å²) in [5.41, 5.74) is 1.16. The summed E-state index contributed by atoms with van der Waals surface area (Å²) < 4.78 is 30.9. The Morgan fingerprint density at radius 3 is 2.62 bits per heavy atom. The predicted molar refractivity (Wildman–Crippen MR) is 57.3 cm³/mol. The maximum atomic E-state index is 11.0. The van der Waals surface area contributed by atoms with Crippen LogP contribution in [-0.4, -0.2) is 28.1 Å². The van der Waals surface area contributed by atoms with E-state index in [1.165, 1.54) is 18.2 Å². The van der Waals surface area contributed by atoms with E-state index in [4.69, 9.17) is 4.55 Å². The molecule has 1 unspecified atom stereocenters. The summed E-state index contributed by atoms with van der Waals surface area (Å²) in [5, 5.41) is 19.0. The number of fused-ring (bicyclic) bond motifs is 1. The van der Waals surface area contributed by atoms with E-state index in [1.807, 2.05) is 0 Å². The Hall–Kier alpha value is -1.37. The third-order valence-electron chi connectivity index (χ3n) is 2.54. The van der Waals surface area contributed by atoms with Crippen LogP contribution in [0.1, 0.15) is 11.1 Å². The molecule has 0 aromatic heterocycles. The fraction of sp³-hybridized carbons (Fsp3) is 0.200. The normalized spacial score (nSPS) is 24.1. The van der Waals surface area contributed by atoms with E-state index >= 15 is 0 Å². The highest BCUT2D eigenvalue weighted by molar-refractivity contribution is 7.87. The summed E-state index contributed by atoms with van der Waals surface area (Å²) in [5.74, 6) is -0.0215. The van der Waals surface area contributed by atoms with Crippen LogP contribution in [0, 0.1) is 0 Å². The molecule has 16 heavy (non-hydrogen) atoms. The van der Waals surface area contributed by atoms with Gasteiger partial charge in [-0.1, -0.05) is 12.1 Å². The Balaban J connectivity index is 2.52. The topological polar surface area (TPSA) is 94.8 Å². The molecule has 0 bridgehead atoms. The molecule has 1 aromatic carbocycles. The van der Waals surface area contributed by atoms with Crippen LogP contribution in [0.4, 0.5) is 0 Å². The molecule has 2 rings (SSSR count). The van der Waals surface area contributed by atoms with Crippen molar-refractivity contribution in [2.75, 3.05) is 0 Å². The second kappa shape index (κ2) is 3.31. The first-order chi connectivity index (χ1) is 7.32. The van der Waals surface area contributed by atoms with Crippen LogP contribution >= 0.6 is 0 Å². The number of phenols is 1. The molecule has 0 aliphatic heterocycles. The van der Waals surface area contributed by atoms with E-state index in [2.05, 4.69) is 0 Å². The average Bonchev–Trinajstić information content (AvgIpc) is 2.15. The molecular formula is C10H10O5S. The Labute approximate surface area is 92.4 Å². The van der Waals surface area contributed by atoms with E-state index in [9.17, 15) is 18.6 Å². The highest BCUT2D eigenvalue weighted by Crippen LogP contribution is 2.31. The first-order valence-corrected chi connectivity index (χ1v) is 5.96. The van der Waals surface area contributed by atoms with E-state index < -0.39 is 15.1 Å². The first kappa shape index (κ1) is 11.1. The van der Waals surface area contributed by atoms with Gasteiger partial charge in [0.05, 0.1) is 0 Å². The minimum atomic E-state index is -4.59. The summed E-state index contributed by atoms with van der Waals surface area (Å²) in [6.45, 7) is 0. The molecule has 1 aliphatic carbocycles. The van der Waals surface area contributed by atoms with Gasteiger partial charge in [0.2, 0.25) is 4.93 Å². The lowest BCUT2D eigenvalue weighted by atomic mass is 9.95. The second-order valence-electron chi connectivity index (χ2n) is 3.71. The zero-order valence-electron chi connectivity index (χ0n) is 8.16. The lowest BCUT2D eigenvalue weighted by Gasteiger charge is -2.25. The molecule has 0 saturated carbocycles. The van der Waals surface area contributed by atoms with Crippen LogP contribution in [0.15, 0.2) is 24.3 Å². The van der Waals surface area contributed by atoms with E-state index in [0.29, 0.717) is 11.1 Å². The van der Waals surface area contributed by atoms with Crippen molar-refractivity contribution in [1.29, 1.82) is 0 Å². The van der Waals surface area contributed by atoms with Gasteiger partial charge in [-0.25, -0.2) is 0 Å². The molecule has 86 valence electrons. The Morgan fingerprint density at radius 1 is 1.31 bits per heavy atom. The van der Waals surface area contributed by atoms with Gasteiger partial charge in [-0.3, -0.25) is 4.55 Å². The van der Waals surface area contributed by atoms with Crippen molar-refractivity contribution in [3.63, 3.8) is 0 Å². The summed E-state index contributed by atoms with van der Waals surface area (Å²) in [4.78, 5) is -2.31. The molecule has 5 nitrogen and oxygen atoms in total. The van der Waals surface area contributed by atoms with Crippen LogP contribution in [-0.2, 0) is 16.5 Å². The van der Waals surface area contributed by atoms with Gasteiger partial charge in [-0.15, -0.1) is 0 Å². The van der Waals surface area contributed by atoms with Gasteiger partial charge in [-0.05, 0) is 29.3 Å².